The first-order valence-corrected chi connectivity index (χ1v) is 14.9. The molecule has 0 aliphatic carbocycles. The number of aromatic nitrogens is 3. The molecule has 3 amide bonds. The van der Waals surface area contributed by atoms with E-state index in [9.17, 15) is 24.3 Å². The second kappa shape index (κ2) is 16.2. The van der Waals surface area contributed by atoms with Crippen LogP contribution in [-0.4, -0.2) is 74.5 Å². The van der Waals surface area contributed by atoms with Crippen molar-refractivity contribution < 1.29 is 24.3 Å². The third-order valence-electron chi connectivity index (χ3n) is 7.54. The molecule has 2 heterocycles. The standard InChI is InChI=1S/C32H40N8O5/c33-13-7-6-12-26(32(44)45)38-30(42)27(14-20-8-2-1-3-9-20)40-31(43)28(16-22-18-35-19-37-22)39-29(41)24(34)15-21-17-36-25-11-5-4-10-23(21)25/h1-5,8-11,17-19,24,26-28,36H,6-7,12-16,33-34H2,(H,35,37)(H,38,42)(H,39,41)(H,40,43)(H,44,45). The summed E-state index contributed by atoms with van der Waals surface area (Å²) in [6, 6.07) is 12.3. The molecule has 0 aliphatic heterocycles. The lowest BCUT2D eigenvalue weighted by molar-refractivity contribution is -0.142. The van der Waals surface area contributed by atoms with Crippen molar-refractivity contribution in [1.82, 2.24) is 30.9 Å². The number of aliphatic carboxylic acids is 1. The van der Waals surface area contributed by atoms with Crippen molar-refractivity contribution in [1.29, 1.82) is 0 Å². The summed E-state index contributed by atoms with van der Waals surface area (Å²) in [5.74, 6) is -3.02. The topological polar surface area (TPSA) is 221 Å². The molecule has 4 atom stereocenters. The summed E-state index contributed by atoms with van der Waals surface area (Å²) in [4.78, 5) is 62.5. The van der Waals surface area contributed by atoms with E-state index >= 15 is 0 Å². The van der Waals surface area contributed by atoms with Gasteiger partial charge in [-0.25, -0.2) is 9.78 Å². The van der Waals surface area contributed by atoms with Gasteiger partial charge < -0.3 is 42.5 Å². The molecule has 4 unspecified atom stereocenters. The Morgan fingerprint density at radius 3 is 2.16 bits per heavy atom. The van der Waals surface area contributed by atoms with Crippen molar-refractivity contribution in [2.45, 2.75) is 62.7 Å². The zero-order chi connectivity index (χ0) is 32.2. The summed E-state index contributed by atoms with van der Waals surface area (Å²) in [6.07, 6.45) is 6.49. The molecule has 0 saturated heterocycles. The van der Waals surface area contributed by atoms with Crippen LogP contribution in [-0.2, 0) is 38.4 Å². The molecule has 0 spiro atoms. The van der Waals surface area contributed by atoms with Crippen LogP contribution in [0.4, 0.5) is 0 Å². The van der Waals surface area contributed by atoms with E-state index in [0.717, 1.165) is 22.0 Å². The monoisotopic (exact) mass is 616 g/mol. The van der Waals surface area contributed by atoms with Gasteiger partial charge >= 0.3 is 5.97 Å². The minimum atomic E-state index is -1.18. The number of unbranched alkanes of at least 4 members (excludes halogenated alkanes) is 1. The Hall–Kier alpha value is -5.01. The SMILES string of the molecule is NCCCCC(NC(=O)C(Cc1ccccc1)NC(=O)C(Cc1cnc[nH]1)NC(=O)C(N)Cc1c[nH]c2ccccc12)C(=O)O. The highest BCUT2D eigenvalue weighted by Gasteiger charge is 2.31. The molecule has 10 N–H and O–H groups in total. The molecule has 13 nitrogen and oxygen atoms in total. The van der Waals surface area contributed by atoms with E-state index in [2.05, 4.69) is 30.9 Å². The van der Waals surface area contributed by atoms with Crippen LogP contribution in [0.5, 0.6) is 0 Å². The zero-order valence-electron chi connectivity index (χ0n) is 24.9. The van der Waals surface area contributed by atoms with Crippen molar-refractivity contribution in [3.63, 3.8) is 0 Å². The molecule has 2 aromatic heterocycles. The van der Waals surface area contributed by atoms with Crippen LogP contribution in [0.2, 0.25) is 0 Å². The summed E-state index contributed by atoms with van der Waals surface area (Å²) in [5, 5.41) is 18.7. The van der Waals surface area contributed by atoms with Gasteiger partial charge in [0, 0.05) is 41.8 Å². The maximum absolute atomic E-state index is 13.7. The average Bonchev–Trinajstić information content (AvgIpc) is 3.70. The predicted molar refractivity (Wildman–Crippen MR) is 169 cm³/mol. The molecule has 0 saturated carbocycles. The van der Waals surface area contributed by atoms with Gasteiger partial charge in [0.15, 0.2) is 0 Å². The molecule has 0 bridgehead atoms. The number of carbonyl (C=O) groups excluding carboxylic acids is 3. The van der Waals surface area contributed by atoms with E-state index in [-0.39, 0.29) is 25.7 Å². The number of nitrogens with two attached hydrogens (primary N) is 2. The number of nitrogens with zero attached hydrogens (tertiary/aromatic N) is 1. The van der Waals surface area contributed by atoms with Gasteiger partial charge in [-0.3, -0.25) is 14.4 Å². The number of para-hydroxylation sites is 1. The molecule has 2 aromatic carbocycles. The molecule has 4 aromatic rings. The fraction of sp³-hybridized carbons (Fsp3) is 0.344. The Labute approximate surface area is 260 Å². The fourth-order valence-corrected chi connectivity index (χ4v) is 5.09. The molecular weight excluding hydrogens is 576 g/mol. The molecule has 0 radical (unpaired) electrons. The quantitative estimate of drug-likeness (QED) is 0.0795. The Morgan fingerprint density at radius 1 is 0.800 bits per heavy atom. The van der Waals surface area contributed by atoms with E-state index in [4.69, 9.17) is 11.5 Å². The van der Waals surface area contributed by atoms with Gasteiger partial charge in [0.2, 0.25) is 17.7 Å². The highest BCUT2D eigenvalue weighted by Crippen LogP contribution is 2.19. The lowest BCUT2D eigenvalue weighted by Gasteiger charge is -2.25. The first-order chi connectivity index (χ1) is 21.7. The van der Waals surface area contributed by atoms with Crippen molar-refractivity contribution in [2.75, 3.05) is 6.54 Å². The van der Waals surface area contributed by atoms with Gasteiger partial charge in [-0.2, -0.15) is 0 Å². The van der Waals surface area contributed by atoms with E-state index in [1.165, 1.54) is 12.5 Å². The Morgan fingerprint density at radius 2 is 1.47 bits per heavy atom. The number of carbonyl (C=O) groups is 4. The number of fused-ring (bicyclic) bond motifs is 1. The van der Waals surface area contributed by atoms with E-state index < -0.39 is 47.9 Å². The van der Waals surface area contributed by atoms with Crippen LogP contribution in [0.25, 0.3) is 10.9 Å². The first-order valence-electron chi connectivity index (χ1n) is 14.9. The van der Waals surface area contributed by atoms with E-state index in [1.807, 2.05) is 30.3 Å². The summed E-state index contributed by atoms with van der Waals surface area (Å²) in [7, 11) is 0. The molecule has 0 fully saturated rings. The number of hydrogen-bond acceptors (Lipinski definition) is 7. The number of H-pyrrole nitrogens is 2. The Kier molecular flexibility index (Phi) is 11.8. The van der Waals surface area contributed by atoms with Gasteiger partial charge in [0.25, 0.3) is 0 Å². The lowest BCUT2D eigenvalue weighted by Crippen LogP contribution is -2.58. The van der Waals surface area contributed by atoms with Gasteiger partial charge in [-0.05, 0) is 49.4 Å². The summed E-state index contributed by atoms with van der Waals surface area (Å²) >= 11 is 0. The van der Waals surface area contributed by atoms with Crippen LogP contribution in [0.1, 0.15) is 36.1 Å². The van der Waals surface area contributed by atoms with E-state index in [0.29, 0.717) is 25.1 Å². The van der Waals surface area contributed by atoms with Crippen molar-refractivity contribution in [2.24, 2.45) is 11.5 Å². The maximum atomic E-state index is 13.7. The lowest BCUT2D eigenvalue weighted by atomic mass is 10.0. The Balaban J connectivity index is 1.50. The van der Waals surface area contributed by atoms with Crippen molar-refractivity contribution in [3.8, 4) is 0 Å². The van der Waals surface area contributed by atoms with Crippen LogP contribution in [0, 0.1) is 0 Å². The largest absolute Gasteiger partial charge is 0.480 e. The second-order valence-electron chi connectivity index (χ2n) is 10.9. The Bertz CT molecular complexity index is 1560. The smallest absolute Gasteiger partial charge is 0.326 e. The number of nitrogens with one attached hydrogen (secondary N) is 5. The van der Waals surface area contributed by atoms with Crippen LogP contribution in [0.15, 0.2) is 73.3 Å². The highest BCUT2D eigenvalue weighted by molar-refractivity contribution is 5.94. The number of imidazole rings is 1. The average molecular weight is 617 g/mol. The molecule has 238 valence electrons. The zero-order valence-corrected chi connectivity index (χ0v) is 24.9. The first kappa shape index (κ1) is 32.9. The number of benzene rings is 2. The third kappa shape index (κ3) is 9.49. The van der Waals surface area contributed by atoms with Crippen molar-refractivity contribution >= 4 is 34.6 Å². The normalized spacial score (nSPS) is 13.8. The number of carboxylic acid groups (broad SMARTS) is 1. The van der Waals surface area contributed by atoms with Gasteiger partial charge in [-0.15, -0.1) is 0 Å². The van der Waals surface area contributed by atoms with Crippen LogP contribution >= 0.6 is 0 Å². The summed E-state index contributed by atoms with van der Waals surface area (Å²) in [5.41, 5.74) is 15.0. The molecule has 45 heavy (non-hydrogen) atoms. The molecule has 13 heteroatoms. The van der Waals surface area contributed by atoms with Crippen molar-refractivity contribution in [3.05, 3.63) is 90.1 Å². The minimum absolute atomic E-state index is 0.0495. The number of rotatable bonds is 17. The molecular formula is C32H40N8O5. The van der Waals surface area contributed by atoms with Crippen LogP contribution in [0.3, 0.4) is 0 Å². The maximum Gasteiger partial charge on any atom is 0.326 e. The summed E-state index contributed by atoms with van der Waals surface area (Å²) < 4.78 is 0. The summed E-state index contributed by atoms with van der Waals surface area (Å²) in [6.45, 7) is 0.405. The predicted octanol–water partition coefficient (Wildman–Crippen LogP) is 0.914. The second-order valence-corrected chi connectivity index (χ2v) is 10.9. The molecule has 4 rings (SSSR count). The van der Waals surface area contributed by atoms with Gasteiger partial charge in [0.1, 0.15) is 18.1 Å². The fourth-order valence-electron chi connectivity index (χ4n) is 5.09. The van der Waals surface area contributed by atoms with Crippen LogP contribution < -0.4 is 27.4 Å². The number of amides is 3. The third-order valence-corrected chi connectivity index (χ3v) is 7.54. The number of aromatic amines is 2. The molecule has 0 aliphatic rings. The minimum Gasteiger partial charge on any atom is -0.480 e. The highest BCUT2D eigenvalue weighted by atomic mass is 16.4. The number of carboxylic acids is 1. The number of hydrogen-bond donors (Lipinski definition) is 8. The van der Waals surface area contributed by atoms with E-state index in [1.54, 1.807) is 30.5 Å². The van der Waals surface area contributed by atoms with Gasteiger partial charge in [0.05, 0.1) is 12.4 Å². The van der Waals surface area contributed by atoms with Gasteiger partial charge in [-0.1, -0.05) is 48.5 Å².